The van der Waals surface area contributed by atoms with E-state index in [1.165, 1.54) is 6.92 Å². The number of piperidine rings is 1. The molecule has 0 radical (unpaired) electrons. The summed E-state index contributed by atoms with van der Waals surface area (Å²) in [4.78, 5) is 38.6. The summed E-state index contributed by atoms with van der Waals surface area (Å²) < 4.78 is 11.4. The molecule has 4 rings (SSSR count). The number of amides is 1. The smallest absolute Gasteiger partial charge is 0.308 e. The van der Waals surface area contributed by atoms with Gasteiger partial charge in [0.2, 0.25) is 0 Å². The van der Waals surface area contributed by atoms with Gasteiger partial charge in [-0.3, -0.25) is 14.4 Å². The summed E-state index contributed by atoms with van der Waals surface area (Å²) in [5, 5.41) is 0.524. The van der Waals surface area contributed by atoms with Crippen LogP contribution in [0.4, 0.5) is 0 Å². The van der Waals surface area contributed by atoms with Gasteiger partial charge in [0.15, 0.2) is 5.78 Å². The zero-order chi connectivity index (χ0) is 21.5. The fraction of sp³-hybridized carbons (Fsp3) is 0.348. The maximum atomic E-state index is 12.9. The first kappa shape index (κ1) is 20.4. The average Bonchev–Trinajstić information content (AvgIpc) is 2.69. The monoisotopic (exact) mass is 427 g/mol. The highest BCUT2D eigenvalue weighted by molar-refractivity contribution is 6.31. The SMILES string of the molecule is CC(=O)Oc1cccc(C(=O)N2CCC3(CC2)CC(=O)c2cc(Cl)cc(C)c2O3)c1. The Labute approximate surface area is 179 Å². The molecule has 1 fully saturated rings. The number of esters is 1. The number of ether oxygens (including phenoxy) is 2. The maximum absolute atomic E-state index is 12.9. The number of aryl methyl sites for hydroxylation is 1. The summed E-state index contributed by atoms with van der Waals surface area (Å²) in [5.41, 5.74) is 1.23. The lowest BCUT2D eigenvalue weighted by Crippen LogP contribution is -2.52. The Hall–Kier alpha value is -2.86. The predicted molar refractivity (Wildman–Crippen MR) is 111 cm³/mol. The number of carbonyl (C=O) groups is 3. The molecule has 0 saturated carbocycles. The van der Waals surface area contributed by atoms with E-state index in [4.69, 9.17) is 21.1 Å². The second-order valence-corrected chi connectivity index (χ2v) is 8.33. The number of Topliss-reactive ketones (excluding diaryl/α,β-unsaturated/α-hetero) is 1. The van der Waals surface area contributed by atoms with Crippen LogP contribution in [0.15, 0.2) is 36.4 Å². The normalized spacial score (nSPS) is 17.3. The van der Waals surface area contributed by atoms with Gasteiger partial charge >= 0.3 is 5.97 Å². The van der Waals surface area contributed by atoms with Gasteiger partial charge in [0.05, 0.1) is 12.0 Å². The number of hydrogen-bond acceptors (Lipinski definition) is 5. The molecule has 1 amide bonds. The summed E-state index contributed by atoms with van der Waals surface area (Å²) in [7, 11) is 0. The van der Waals surface area contributed by atoms with E-state index < -0.39 is 11.6 Å². The highest BCUT2D eigenvalue weighted by Gasteiger charge is 2.44. The lowest BCUT2D eigenvalue weighted by atomic mass is 9.82. The van der Waals surface area contributed by atoms with E-state index in [-0.39, 0.29) is 18.1 Å². The van der Waals surface area contributed by atoms with Gasteiger partial charge < -0.3 is 14.4 Å². The standard InChI is InChI=1S/C23H22ClNO5/c1-14-10-17(24)12-19-20(27)13-23(30-21(14)19)6-8-25(9-7-23)22(28)16-4-3-5-18(11-16)29-15(2)26/h3-5,10-12H,6-9,13H2,1-2H3. The first-order valence-electron chi connectivity index (χ1n) is 9.86. The first-order valence-corrected chi connectivity index (χ1v) is 10.2. The molecule has 2 aromatic carbocycles. The van der Waals surface area contributed by atoms with Gasteiger partial charge in [0.1, 0.15) is 17.1 Å². The Morgan fingerprint density at radius 1 is 1.17 bits per heavy atom. The van der Waals surface area contributed by atoms with E-state index in [2.05, 4.69) is 0 Å². The van der Waals surface area contributed by atoms with Crippen molar-refractivity contribution < 1.29 is 23.9 Å². The molecule has 0 atom stereocenters. The van der Waals surface area contributed by atoms with E-state index in [1.54, 1.807) is 41.3 Å². The number of nitrogens with zero attached hydrogens (tertiary/aromatic N) is 1. The molecule has 1 saturated heterocycles. The predicted octanol–water partition coefficient (Wildman–Crippen LogP) is 4.21. The third-order valence-corrected chi connectivity index (χ3v) is 5.86. The minimum absolute atomic E-state index is 0.0238. The number of carbonyl (C=O) groups excluding carboxylic acids is 3. The minimum atomic E-state index is -0.598. The van der Waals surface area contributed by atoms with Crippen LogP contribution < -0.4 is 9.47 Å². The zero-order valence-corrected chi connectivity index (χ0v) is 17.6. The fourth-order valence-electron chi connectivity index (χ4n) is 4.15. The second-order valence-electron chi connectivity index (χ2n) is 7.90. The molecule has 2 aliphatic rings. The summed E-state index contributed by atoms with van der Waals surface area (Å²) in [6, 6.07) is 10.0. The summed E-state index contributed by atoms with van der Waals surface area (Å²) >= 11 is 6.10. The molecule has 0 N–H and O–H groups in total. The average molecular weight is 428 g/mol. The minimum Gasteiger partial charge on any atom is -0.486 e. The van der Waals surface area contributed by atoms with Crippen molar-refractivity contribution in [3.63, 3.8) is 0 Å². The number of ketones is 1. The van der Waals surface area contributed by atoms with Gasteiger partial charge in [-0.15, -0.1) is 0 Å². The van der Waals surface area contributed by atoms with Crippen molar-refractivity contribution in [1.82, 2.24) is 4.90 Å². The molecule has 0 bridgehead atoms. The molecule has 2 aromatic rings. The fourth-order valence-corrected chi connectivity index (χ4v) is 4.42. The van der Waals surface area contributed by atoms with E-state index >= 15 is 0 Å². The highest BCUT2D eigenvalue weighted by Crippen LogP contribution is 2.42. The topological polar surface area (TPSA) is 72.9 Å². The summed E-state index contributed by atoms with van der Waals surface area (Å²) in [6.07, 6.45) is 1.41. The summed E-state index contributed by atoms with van der Waals surface area (Å²) in [5.74, 6) is 0.397. The third-order valence-electron chi connectivity index (χ3n) is 5.65. The Kier molecular flexibility index (Phi) is 5.28. The number of rotatable bonds is 2. The van der Waals surface area contributed by atoms with Crippen LogP contribution in [-0.2, 0) is 4.79 Å². The molecule has 1 spiro atoms. The Bertz CT molecular complexity index is 1040. The third kappa shape index (κ3) is 3.92. The molecular formula is C23H22ClNO5. The molecular weight excluding hydrogens is 406 g/mol. The van der Waals surface area contributed by atoms with Crippen LogP contribution in [0.25, 0.3) is 0 Å². The van der Waals surface area contributed by atoms with Crippen molar-refractivity contribution >= 4 is 29.3 Å². The van der Waals surface area contributed by atoms with Crippen LogP contribution in [0.1, 0.15) is 52.5 Å². The first-order chi connectivity index (χ1) is 14.3. The van der Waals surface area contributed by atoms with E-state index in [0.29, 0.717) is 53.6 Å². The number of benzene rings is 2. The number of likely N-dealkylation sites (tertiary alicyclic amines) is 1. The van der Waals surface area contributed by atoms with Gasteiger partial charge in [-0.25, -0.2) is 0 Å². The lowest BCUT2D eigenvalue weighted by molar-refractivity contribution is -0.131. The van der Waals surface area contributed by atoms with Crippen molar-refractivity contribution in [1.29, 1.82) is 0 Å². The van der Waals surface area contributed by atoms with Gasteiger partial charge in [0.25, 0.3) is 5.91 Å². The van der Waals surface area contributed by atoms with Crippen molar-refractivity contribution in [3.8, 4) is 11.5 Å². The van der Waals surface area contributed by atoms with Crippen molar-refractivity contribution in [2.45, 2.75) is 38.7 Å². The second kappa shape index (κ2) is 7.76. The highest BCUT2D eigenvalue weighted by atomic mass is 35.5. The van der Waals surface area contributed by atoms with Crippen LogP contribution in [0, 0.1) is 6.92 Å². The van der Waals surface area contributed by atoms with Crippen LogP contribution >= 0.6 is 11.6 Å². The van der Waals surface area contributed by atoms with Crippen LogP contribution in [0.2, 0.25) is 5.02 Å². The van der Waals surface area contributed by atoms with Crippen molar-refractivity contribution in [2.24, 2.45) is 0 Å². The van der Waals surface area contributed by atoms with E-state index in [0.717, 1.165) is 5.56 Å². The summed E-state index contributed by atoms with van der Waals surface area (Å²) in [6.45, 7) is 4.15. The van der Waals surface area contributed by atoms with Gasteiger partial charge in [-0.05, 0) is 42.8 Å². The lowest BCUT2D eigenvalue weighted by Gasteiger charge is -2.44. The molecule has 2 heterocycles. The van der Waals surface area contributed by atoms with Gasteiger partial charge in [-0.2, -0.15) is 0 Å². The van der Waals surface area contributed by atoms with Gasteiger partial charge in [0, 0.05) is 43.4 Å². The molecule has 2 aliphatic heterocycles. The molecule has 0 unspecified atom stereocenters. The van der Waals surface area contributed by atoms with Crippen molar-refractivity contribution in [3.05, 3.63) is 58.1 Å². The van der Waals surface area contributed by atoms with E-state index in [9.17, 15) is 14.4 Å². The Balaban J connectivity index is 1.48. The molecule has 30 heavy (non-hydrogen) atoms. The van der Waals surface area contributed by atoms with Gasteiger partial charge in [-0.1, -0.05) is 17.7 Å². The molecule has 6 nitrogen and oxygen atoms in total. The number of fused-ring (bicyclic) bond motifs is 1. The molecule has 156 valence electrons. The largest absolute Gasteiger partial charge is 0.486 e. The van der Waals surface area contributed by atoms with Crippen LogP contribution in [0.5, 0.6) is 11.5 Å². The number of hydrogen-bond donors (Lipinski definition) is 0. The maximum Gasteiger partial charge on any atom is 0.308 e. The Morgan fingerprint density at radius 2 is 1.90 bits per heavy atom. The number of halogens is 1. The molecule has 0 aliphatic carbocycles. The molecule has 7 heteroatoms. The zero-order valence-electron chi connectivity index (χ0n) is 16.9. The van der Waals surface area contributed by atoms with Crippen molar-refractivity contribution in [2.75, 3.05) is 13.1 Å². The van der Waals surface area contributed by atoms with E-state index in [1.807, 2.05) is 6.92 Å². The quantitative estimate of drug-likeness (QED) is 0.530. The Morgan fingerprint density at radius 3 is 2.60 bits per heavy atom. The van der Waals surface area contributed by atoms with Crippen LogP contribution in [0.3, 0.4) is 0 Å². The van der Waals surface area contributed by atoms with Crippen LogP contribution in [-0.4, -0.2) is 41.3 Å². The molecule has 0 aromatic heterocycles.